The molecule has 2 unspecified atom stereocenters. The largest absolute Gasteiger partial charge is 0.507 e. The Kier molecular flexibility index (Phi) is 5.03. The maximum atomic E-state index is 9.89. The maximum absolute atomic E-state index is 9.89. The molecule has 0 spiro atoms. The SMILES string of the molecule is CC(C)CC(C)N(C)C(C)c1c(O)cccc1O. The van der Waals surface area contributed by atoms with Crippen LogP contribution in [0.5, 0.6) is 11.5 Å². The Morgan fingerprint density at radius 1 is 1.06 bits per heavy atom. The van der Waals surface area contributed by atoms with Crippen molar-refractivity contribution in [3.63, 3.8) is 0 Å². The van der Waals surface area contributed by atoms with Crippen LogP contribution in [0.4, 0.5) is 0 Å². The number of nitrogens with zero attached hydrogens (tertiary/aromatic N) is 1. The lowest BCUT2D eigenvalue weighted by molar-refractivity contribution is 0.171. The predicted octanol–water partition coefficient (Wildman–Crippen LogP) is 3.53. The summed E-state index contributed by atoms with van der Waals surface area (Å²) in [5.74, 6) is 0.949. The molecule has 1 rings (SSSR count). The van der Waals surface area contributed by atoms with Gasteiger partial charge in [-0.15, -0.1) is 0 Å². The summed E-state index contributed by atoms with van der Waals surface area (Å²) in [4.78, 5) is 2.19. The summed E-state index contributed by atoms with van der Waals surface area (Å²) in [6.45, 7) is 8.58. The summed E-state index contributed by atoms with van der Waals surface area (Å²) in [6.07, 6.45) is 1.09. The lowest BCUT2D eigenvalue weighted by atomic mass is 9.99. The van der Waals surface area contributed by atoms with Gasteiger partial charge in [-0.25, -0.2) is 0 Å². The number of phenols is 2. The minimum atomic E-state index is -0.0139. The van der Waals surface area contributed by atoms with E-state index in [1.165, 1.54) is 0 Å². The number of rotatable bonds is 5. The van der Waals surface area contributed by atoms with Crippen molar-refractivity contribution >= 4 is 0 Å². The van der Waals surface area contributed by atoms with E-state index in [0.717, 1.165) is 6.42 Å². The minimum absolute atomic E-state index is 0.0139. The Balaban J connectivity index is 2.89. The van der Waals surface area contributed by atoms with Crippen LogP contribution in [0.1, 0.15) is 45.7 Å². The predicted molar refractivity (Wildman–Crippen MR) is 74.9 cm³/mol. The van der Waals surface area contributed by atoms with Crippen LogP contribution in [0.25, 0.3) is 0 Å². The van der Waals surface area contributed by atoms with Crippen LogP contribution < -0.4 is 0 Å². The van der Waals surface area contributed by atoms with Crippen molar-refractivity contribution in [3.8, 4) is 11.5 Å². The van der Waals surface area contributed by atoms with Crippen molar-refractivity contribution in [1.29, 1.82) is 0 Å². The molecule has 0 aromatic heterocycles. The fraction of sp³-hybridized carbons (Fsp3) is 0.600. The smallest absolute Gasteiger partial charge is 0.124 e. The van der Waals surface area contributed by atoms with Gasteiger partial charge in [0.1, 0.15) is 11.5 Å². The zero-order chi connectivity index (χ0) is 13.9. The van der Waals surface area contributed by atoms with E-state index in [2.05, 4.69) is 25.7 Å². The first-order valence-electron chi connectivity index (χ1n) is 6.57. The van der Waals surface area contributed by atoms with Gasteiger partial charge in [0, 0.05) is 12.1 Å². The molecule has 0 radical (unpaired) electrons. The first-order valence-corrected chi connectivity index (χ1v) is 6.57. The maximum Gasteiger partial charge on any atom is 0.124 e. The summed E-state index contributed by atoms with van der Waals surface area (Å²) >= 11 is 0. The van der Waals surface area contributed by atoms with Gasteiger partial charge in [0.25, 0.3) is 0 Å². The number of aromatic hydroxyl groups is 2. The topological polar surface area (TPSA) is 43.7 Å². The second-order valence-electron chi connectivity index (χ2n) is 5.53. The highest BCUT2D eigenvalue weighted by Crippen LogP contribution is 2.36. The van der Waals surface area contributed by atoms with Gasteiger partial charge in [-0.1, -0.05) is 19.9 Å². The molecular weight excluding hydrogens is 226 g/mol. The second-order valence-corrected chi connectivity index (χ2v) is 5.53. The van der Waals surface area contributed by atoms with Crippen LogP contribution in [0.2, 0.25) is 0 Å². The van der Waals surface area contributed by atoms with Crippen LogP contribution >= 0.6 is 0 Å². The van der Waals surface area contributed by atoms with E-state index >= 15 is 0 Å². The first-order chi connectivity index (χ1) is 8.34. The van der Waals surface area contributed by atoms with E-state index in [9.17, 15) is 10.2 Å². The molecule has 0 aliphatic carbocycles. The molecule has 2 N–H and O–H groups in total. The van der Waals surface area contributed by atoms with Gasteiger partial charge in [-0.3, -0.25) is 4.90 Å². The Morgan fingerprint density at radius 3 is 2.00 bits per heavy atom. The van der Waals surface area contributed by atoms with Crippen molar-refractivity contribution in [2.45, 2.75) is 46.2 Å². The Bertz CT molecular complexity index is 370. The van der Waals surface area contributed by atoms with E-state index in [0.29, 0.717) is 17.5 Å². The Morgan fingerprint density at radius 2 is 1.56 bits per heavy atom. The van der Waals surface area contributed by atoms with E-state index in [1.807, 2.05) is 14.0 Å². The van der Waals surface area contributed by atoms with Gasteiger partial charge in [-0.05, 0) is 45.4 Å². The molecule has 0 fully saturated rings. The fourth-order valence-electron chi connectivity index (χ4n) is 2.40. The summed E-state index contributed by atoms with van der Waals surface area (Å²) in [5.41, 5.74) is 0.607. The quantitative estimate of drug-likeness (QED) is 0.841. The van der Waals surface area contributed by atoms with Gasteiger partial charge in [0.05, 0.1) is 5.56 Å². The van der Waals surface area contributed by atoms with E-state index in [4.69, 9.17) is 0 Å². The number of phenolic OH excluding ortho intramolecular Hbond substituents is 2. The van der Waals surface area contributed by atoms with Crippen LogP contribution in [0.15, 0.2) is 18.2 Å². The first kappa shape index (κ1) is 14.8. The Labute approximate surface area is 110 Å². The highest BCUT2D eigenvalue weighted by atomic mass is 16.3. The van der Waals surface area contributed by atoms with Gasteiger partial charge in [0.15, 0.2) is 0 Å². The highest BCUT2D eigenvalue weighted by Gasteiger charge is 2.22. The zero-order valence-corrected chi connectivity index (χ0v) is 12.0. The third-order valence-electron chi connectivity index (χ3n) is 3.60. The zero-order valence-electron chi connectivity index (χ0n) is 12.0. The van der Waals surface area contributed by atoms with Crippen LogP contribution in [-0.4, -0.2) is 28.2 Å². The van der Waals surface area contributed by atoms with Crippen molar-refractivity contribution in [2.75, 3.05) is 7.05 Å². The molecule has 0 heterocycles. The molecule has 0 saturated heterocycles. The van der Waals surface area contributed by atoms with Gasteiger partial charge in [0.2, 0.25) is 0 Å². The lowest BCUT2D eigenvalue weighted by Gasteiger charge is -2.32. The van der Waals surface area contributed by atoms with Crippen molar-refractivity contribution in [2.24, 2.45) is 5.92 Å². The highest BCUT2D eigenvalue weighted by molar-refractivity contribution is 5.44. The summed E-state index contributed by atoms with van der Waals surface area (Å²) < 4.78 is 0. The van der Waals surface area contributed by atoms with Crippen molar-refractivity contribution in [3.05, 3.63) is 23.8 Å². The molecule has 3 nitrogen and oxygen atoms in total. The van der Waals surface area contributed by atoms with Crippen LogP contribution in [0, 0.1) is 5.92 Å². The molecule has 0 amide bonds. The lowest BCUT2D eigenvalue weighted by Crippen LogP contribution is -2.32. The minimum Gasteiger partial charge on any atom is -0.507 e. The van der Waals surface area contributed by atoms with Gasteiger partial charge < -0.3 is 10.2 Å². The molecule has 2 atom stereocenters. The summed E-state index contributed by atoms with van der Waals surface area (Å²) in [5, 5.41) is 19.8. The molecule has 18 heavy (non-hydrogen) atoms. The molecule has 0 saturated carbocycles. The second kappa shape index (κ2) is 6.10. The van der Waals surface area contributed by atoms with Crippen LogP contribution in [-0.2, 0) is 0 Å². The molecular formula is C15H25NO2. The van der Waals surface area contributed by atoms with Gasteiger partial charge in [-0.2, -0.15) is 0 Å². The molecule has 102 valence electrons. The normalized spacial score (nSPS) is 15.1. The molecule has 0 aliphatic rings. The average Bonchev–Trinajstić information content (AvgIpc) is 2.26. The van der Waals surface area contributed by atoms with Crippen LogP contribution in [0.3, 0.4) is 0 Å². The van der Waals surface area contributed by atoms with Gasteiger partial charge >= 0.3 is 0 Å². The van der Waals surface area contributed by atoms with Crippen molar-refractivity contribution < 1.29 is 10.2 Å². The molecule has 0 aliphatic heterocycles. The number of hydrogen-bond acceptors (Lipinski definition) is 3. The van der Waals surface area contributed by atoms with E-state index < -0.39 is 0 Å². The Hall–Kier alpha value is -1.22. The summed E-state index contributed by atoms with van der Waals surface area (Å²) in [6, 6.07) is 5.27. The number of hydrogen-bond donors (Lipinski definition) is 2. The third kappa shape index (κ3) is 3.39. The number of benzene rings is 1. The van der Waals surface area contributed by atoms with E-state index in [-0.39, 0.29) is 17.5 Å². The fourth-order valence-corrected chi connectivity index (χ4v) is 2.40. The molecule has 1 aromatic rings. The standard InChI is InChI=1S/C15H25NO2/c1-10(2)9-11(3)16(5)12(4)15-13(17)7-6-8-14(15)18/h6-8,10-12,17-18H,9H2,1-5H3. The third-order valence-corrected chi connectivity index (χ3v) is 3.60. The van der Waals surface area contributed by atoms with E-state index in [1.54, 1.807) is 18.2 Å². The average molecular weight is 251 g/mol. The summed E-state index contributed by atoms with van der Waals surface area (Å²) in [7, 11) is 2.03. The molecule has 1 aromatic carbocycles. The monoisotopic (exact) mass is 251 g/mol. The molecule has 3 heteroatoms. The molecule has 0 bridgehead atoms. The van der Waals surface area contributed by atoms with Crippen molar-refractivity contribution in [1.82, 2.24) is 4.90 Å².